The second-order valence-electron chi connectivity index (χ2n) is 12.7. The number of phenols is 2. The lowest BCUT2D eigenvalue weighted by Gasteiger charge is -2.33. The summed E-state index contributed by atoms with van der Waals surface area (Å²) in [7, 11) is 3.98. The molecular weight excluding hydrogens is 624 g/mol. The Bertz CT molecular complexity index is 1230. The Hall–Kier alpha value is -3.50. The van der Waals surface area contributed by atoms with E-state index < -0.39 is 5.97 Å². The van der Waals surface area contributed by atoms with Gasteiger partial charge in [-0.2, -0.15) is 0 Å². The number of ether oxygens (including phenoxy) is 4. The van der Waals surface area contributed by atoms with Crippen LogP contribution in [0, 0.1) is 11.8 Å². The van der Waals surface area contributed by atoms with E-state index in [4.69, 9.17) is 18.9 Å². The Morgan fingerprint density at radius 2 is 1.12 bits per heavy atom. The molecule has 278 valence electrons. The maximum atomic E-state index is 12.4. The molecule has 0 saturated heterocycles. The van der Waals surface area contributed by atoms with Gasteiger partial charge in [0, 0.05) is 12.1 Å². The molecule has 0 spiro atoms. The fourth-order valence-electron chi connectivity index (χ4n) is 5.23. The van der Waals surface area contributed by atoms with Crippen LogP contribution in [0.4, 0.5) is 0 Å². The molecule has 4 atom stereocenters. The van der Waals surface area contributed by atoms with Crippen molar-refractivity contribution in [3.63, 3.8) is 0 Å². The van der Waals surface area contributed by atoms with Crippen LogP contribution in [0.2, 0.25) is 0 Å². The van der Waals surface area contributed by atoms with Gasteiger partial charge in [0.05, 0.1) is 24.3 Å². The Balaban J connectivity index is 0.000000490. The molecule has 0 bridgehead atoms. The standard InChI is InChI=1S/C20H33NO4.C19H31NO4/c1-6-12-24-19-13-16(10-11-18(19)22)20(23)25-14-17(15(5)7-2)21(8-3)9-4;1-6-8-11-23-18-12-15(9-10-17(18)21)19(22)24-13-16(20(4)5)14(3)7-2/h10-11,13,15,17,22H,6-9,12,14H2,1-5H3;9-10,12,14,16,21H,6-8,11,13H2,1-5H3/t15?,17-;14?,16-/m11/s1. The second-order valence-corrected chi connectivity index (χ2v) is 12.7. The van der Waals surface area contributed by atoms with Crippen LogP contribution >= 0.6 is 0 Å². The summed E-state index contributed by atoms with van der Waals surface area (Å²) < 4.78 is 22.0. The first-order valence-electron chi connectivity index (χ1n) is 18.0. The monoisotopic (exact) mass is 688 g/mol. The summed E-state index contributed by atoms with van der Waals surface area (Å²) in [6, 6.07) is 9.52. The molecule has 0 aliphatic rings. The van der Waals surface area contributed by atoms with Crippen molar-refractivity contribution < 1.29 is 38.7 Å². The first-order chi connectivity index (χ1) is 23.4. The fourth-order valence-corrected chi connectivity index (χ4v) is 5.23. The lowest BCUT2D eigenvalue weighted by Crippen LogP contribution is -2.43. The van der Waals surface area contributed by atoms with Gasteiger partial charge in [-0.15, -0.1) is 0 Å². The summed E-state index contributed by atoms with van der Waals surface area (Å²) in [5, 5.41) is 19.6. The molecule has 0 heterocycles. The quantitative estimate of drug-likeness (QED) is 0.0994. The molecule has 0 aliphatic carbocycles. The minimum absolute atomic E-state index is 0.0330. The first-order valence-corrected chi connectivity index (χ1v) is 18.0. The van der Waals surface area contributed by atoms with E-state index in [9.17, 15) is 19.8 Å². The van der Waals surface area contributed by atoms with Crippen molar-refractivity contribution in [3.05, 3.63) is 47.5 Å². The molecule has 2 rings (SSSR count). The number of carbonyl (C=O) groups excluding carboxylic acids is 2. The van der Waals surface area contributed by atoms with E-state index in [1.165, 1.54) is 12.1 Å². The van der Waals surface area contributed by atoms with E-state index in [1.54, 1.807) is 24.3 Å². The van der Waals surface area contributed by atoms with Crippen molar-refractivity contribution in [2.75, 3.05) is 53.6 Å². The summed E-state index contributed by atoms with van der Waals surface area (Å²) in [5.74, 6) is 0.797. The number of hydrogen-bond donors (Lipinski definition) is 2. The van der Waals surface area contributed by atoms with Crippen LogP contribution in [0.5, 0.6) is 23.0 Å². The lowest BCUT2D eigenvalue weighted by molar-refractivity contribution is 0.0271. The van der Waals surface area contributed by atoms with Gasteiger partial charge in [-0.25, -0.2) is 9.59 Å². The first kappa shape index (κ1) is 43.5. The number of benzene rings is 2. The predicted octanol–water partition coefficient (Wildman–Crippen LogP) is 7.80. The molecule has 0 fully saturated rings. The van der Waals surface area contributed by atoms with Gasteiger partial charge in [-0.05, 0) is 88.3 Å². The zero-order chi connectivity index (χ0) is 36.9. The normalized spacial score (nSPS) is 13.6. The number of carbonyl (C=O) groups is 2. The van der Waals surface area contributed by atoms with Crippen LogP contribution in [0.1, 0.15) is 108 Å². The number of nitrogens with zero attached hydrogens (tertiary/aromatic N) is 2. The van der Waals surface area contributed by atoms with Gasteiger partial charge >= 0.3 is 11.9 Å². The molecule has 2 unspecified atom stereocenters. The number of unbranched alkanes of at least 4 members (excludes halogenated alkanes) is 1. The van der Waals surface area contributed by atoms with Crippen LogP contribution < -0.4 is 9.47 Å². The highest BCUT2D eigenvalue weighted by Crippen LogP contribution is 2.29. The fraction of sp³-hybridized carbons (Fsp3) is 0.641. The molecule has 0 radical (unpaired) electrons. The number of esters is 2. The summed E-state index contributed by atoms with van der Waals surface area (Å²) in [5.41, 5.74) is 0.785. The summed E-state index contributed by atoms with van der Waals surface area (Å²) in [6.45, 7) is 20.5. The maximum Gasteiger partial charge on any atom is 0.338 e. The van der Waals surface area contributed by atoms with Gasteiger partial charge in [0.2, 0.25) is 0 Å². The molecule has 0 amide bonds. The van der Waals surface area contributed by atoms with E-state index in [0.29, 0.717) is 60.9 Å². The average molecular weight is 689 g/mol. The third kappa shape index (κ3) is 14.9. The highest BCUT2D eigenvalue weighted by atomic mass is 16.5. The summed E-state index contributed by atoms with van der Waals surface area (Å²) >= 11 is 0. The highest BCUT2D eigenvalue weighted by Gasteiger charge is 2.24. The van der Waals surface area contributed by atoms with Crippen LogP contribution in [-0.4, -0.2) is 97.6 Å². The lowest BCUT2D eigenvalue weighted by atomic mass is 9.98. The molecule has 49 heavy (non-hydrogen) atoms. The predicted molar refractivity (Wildman–Crippen MR) is 196 cm³/mol. The van der Waals surface area contributed by atoms with E-state index in [2.05, 4.69) is 58.3 Å². The molecule has 0 aromatic heterocycles. The molecule has 2 aromatic rings. The van der Waals surface area contributed by atoms with E-state index in [0.717, 1.165) is 45.2 Å². The highest BCUT2D eigenvalue weighted by molar-refractivity contribution is 5.90. The Labute approximate surface area is 295 Å². The number of rotatable bonds is 21. The van der Waals surface area contributed by atoms with E-state index in [1.807, 2.05) is 21.0 Å². The number of likely N-dealkylation sites (N-methyl/N-ethyl adjacent to an activating group) is 2. The average Bonchev–Trinajstić information content (AvgIpc) is 3.10. The molecule has 2 N–H and O–H groups in total. The maximum absolute atomic E-state index is 12.4. The van der Waals surface area contributed by atoms with Gasteiger partial charge in [0.25, 0.3) is 0 Å². The van der Waals surface area contributed by atoms with Crippen LogP contribution in [-0.2, 0) is 9.47 Å². The number of hydrogen-bond acceptors (Lipinski definition) is 10. The zero-order valence-electron chi connectivity index (χ0n) is 31.8. The van der Waals surface area contributed by atoms with Crippen molar-refractivity contribution in [3.8, 4) is 23.0 Å². The van der Waals surface area contributed by atoms with Gasteiger partial charge in [0.15, 0.2) is 23.0 Å². The van der Waals surface area contributed by atoms with Crippen molar-refractivity contribution in [1.29, 1.82) is 0 Å². The zero-order valence-corrected chi connectivity index (χ0v) is 31.8. The Morgan fingerprint density at radius 3 is 1.53 bits per heavy atom. The molecular formula is C39H64N2O8. The van der Waals surface area contributed by atoms with Crippen molar-refractivity contribution in [2.45, 2.75) is 99.6 Å². The molecule has 2 aromatic carbocycles. The second kappa shape index (κ2) is 23.8. The molecule has 0 saturated carbocycles. The molecule has 10 heteroatoms. The van der Waals surface area contributed by atoms with E-state index >= 15 is 0 Å². The number of phenolic OH excluding ortho intramolecular Hbond substituents is 2. The Kier molecular flexibility index (Phi) is 21.1. The minimum atomic E-state index is -0.398. The number of aromatic hydroxyl groups is 2. The smallest absolute Gasteiger partial charge is 0.338 e. The van der Waals surface area contributed by atoms with Gasteiger partial charge in [0.1, 0.15) is 13.2 Å². The largest absolute Gasteiger partial charge is 0.504 e. The van der Waals surface area contributed by atoms with Crippen molar-refractivity contribution >= 4 is 11.9 Å². The minimum Gasteiger partial charge on any atom is -0.504 e. The van der Waals surface area contributed by atoms with E-state index in [-0.39, 0.29) is 29.6 Å². The summed E-state index contributed by atoms with van der Waals surface area (Å²) in [4.78, 5) is 29.1. The molecule has 0 aliphatic heterocycles. The van der Waals surface area contributed by atoms with Gasteiger partial charge < -0.3 is 34.1 Å². The van der Waals surface area contributed by atoms with Crippen molar-refractivity contribution in [2.24, 2.45) is 11.8 Å². The van der Waals surface area contributed by atoms with Crippen molar-refractivity contribution in [1.82, 2.24) is 9.80 Å². The molecule has 10 nitrogen and oxygen atoms in total. The Morgan fingerprint density at radius 1 is 0.673 bits per heavy atom. The third-order valence-electron chi connectivity index (χ3n) is 8.92. The SMILES string of the molecule is CCCCOc1cc(C(=O)OC[C@H](C(C)CC)N(C)C)ccc1O.CCCOc1cc(C(=O)OC[C@H](C(C)CC)N(CC)CC)ccc1O. The topological polar surface area (TPSA) is 118 Å². The van der Waals surface area contributed by atoms with Crippen LogP contribution in [0.25, 0.3) is 0 Å². The third-order valence-corrected chi connectivity index (χ3v) is 8.92. The van der Waals surface area contributed by atoms with Crippen LogP contribution in [0.3, 0.4) is 0 Å². The summed E-state index contributed by atoms with van der Waals surface area (Å²) in [6.07, 6.45) is 4.79. The van der Waals surface area contributed by atoms with Gasteiger partial charge in [-0.3, -0.25) is 4.90 Å². The van der Waals surface area contributed by atoms with Gasteiger partial charge in [-0.1, -0.05) is 74.7 Å². The van der Waals surface area contributed by atoms with Crippen LogP contribution in [0.15, 0.2) is 36.4 Å².